The predicted octanol–water partition coefficient (Wildman–Crippen LogP) is 0.113. The molecule has 1 aliphatic rings. The van der Waals surface area contributed by atoms with Crippen molar-refractivity contribution in [1.82, 2.24) is 0 Å². The van der Waals surface area contributed by atoms with Crippen molar-refractivity contribution in [2.75, 3.05) is 6.61 Å². The van der Waals surface area contributed by atoms with Crippen LogP contribution in [0.3, 0.4) is 0 Å². The maximum atomic E-state index is 10.2. The summed E-state index contributed by atoms with van der Waals surface area (Å²) in [6.07, 6.45) is 0.175. The molecular formula is C5H8O5. The zero-order valence-electron chi connectivity index (χ0n) is 5.28. The second-order valence-corrected chi connectivity index (χ2v) is 1.96. The van der Waals surface area contributed by atoms with Crippen LogP contribution in [0.1, 0.15) is 12.8 Å². The topological polar surface area (TPSA) is 65.0 Å². The number of carbonyl (C=O) groups is 1. The third kappa shape index (κ3) is 1.94. The standard InChI is InChI=1S/C5H8O5/c6-5(7)4-2-1-3-8-10-9-4/h4H,1-3H2,(H,6,7). The minimum atomic E-state index is -1.02. The first-order valence-corrected chi connectivity index (χ1v) is 2.98. The summed E-state index contributed by atoms with van der Waals surface area (Å²) in [6, 6.07) is 0. The molecule has 1 rings (SSSR count). The molecule has 5 heteroatoms. The molecule has 1 saturated heterocycles. The maximum Gasteiger partial charge on any atom is 0.336 e. The first kappa shape index (κ1) is 7.46. The summed E-state index contributed by atoms with van der Waals surface area (Å²) in [6.45, 7) is 0.379. The zero-order valence-corrected chi connectivity index (χ0v) is 5.28. The number of hydrogen-bond donors (Lipinski definition) is 1. The van der Waals surface area contributed by atoms with Gasteiger partial charge in [0.2, 0.25) is 0 Å². The van der Waals surface area contributed by atoms with Crippen molar-refractivity contribution in [3.05, 3.63) is 0 Å². The fraction of sp³-hybridized carbons (Fsp3) is 0.800. The van der Waals surface area contributed by atoms with Crippen LogP contribution in [-0.2, 0) is 19.6 Å². The van der Waals surface area contributed by atoms with E-state index >= 15 is 0 Å². The van der Waals surface area contributed by atoms with Gasteiger partial charge in [-0.25, -0.2) is 9.68 Å². The Labute approximate surface area is 57.3 Å². The van der Waals surface area contributed by atoms with Crippen LogP contribution in [0.2, 0.25) is 0 Å². The number of rotatable bonds is 1. The molecule has 0 spiro atoms. The van der Waals surface area contributed by atoms with Gasteiger partial charge in [0, 0.05) is 0 Å². The van der Waals surface area contributed by atoms with Crippen molar-refractivity contribution in [3.8, 4) is 0 Å². The highest BCUT2D eigenvalue weighted by Gasteiger charge is 2.21. The SMILES string of the molecule is O=C(O)C1CCCOOO1. The number of carboxylic acid groups (broad SMARTS) is 1. The van der Waals surface area contributed by atoms with E-state index in [1.807, 2.05) is 0 Å². The van der Waals surface area contributed by atoms with Gasteiger partial charge >= 0.3 is 5.97 Å². The number of hydrogen-bond acceptors (Lipinski definition) is 4. The molecular weight excluding hydrogens is 140 g/mol. The Bertz CT molecular complexity index is 115. The molecule has 0 saturated carbocycles. The highest BCUT2D eigenvalue weighted by molar-refractivity contribution is 5.72. The lowest BCUT2D eigenvalue weighted by Gasteiger charge is -2.03. The monoisotopic (exact) mass is 148 g/mol. The van der Waals surface area contributed by atoms with E-state index in [1.54, 1.807) is 0 Å². The summed E-state index contributed by atoms with van der Waals surface area (Å²) >= 11 is 0. The van der Waals surface area contributed by atoms with E-state index in [0.29, 0.717) is 19.4 Å². The van der Waals surface area contributed by atoms with E-state index in [2.05, 4.69) is 14.8 Å². The Morgan fingerprint density at radius 2 is 2.40 bits per heavy atom. The molecule has 1 N–H and O–H groups in total. The fourth-order valence-corrected chi connectivity index (χ4v) is 0.650. The van der Waals surface area contributed by atoms with E-state index in [1.165, 1.54) is 0 Å². The molecule has 0 aromatic carbocycles. The lowest BCUT2D eigenvalue weighted by Crippen LogP contribution is -2.22. The van der Waals surface area contributed by atoms with Gasteiger partial charge in [0.15, 0.2) is 6.10 Å². The molecule has 0 radical (unpaired) electrons. The Balaban J connectivity index is 2.35. The van der Waals surface area contributed by atoms with Crippen molar-refractivity contribution in [3.63, 3.8) is 0 Å². The molecule has 1 unspecified atom stereocenters. The van der Waals surface area contributed by atoms with E-state index in [0.717, 1.165) is 0 Å². The molecule has 5 nitrogen and oxygen atoms in total. The van der Waals surface area contributed by atoms with Crippen LogP contribution < -0.4 is 0 Å². The molecule has 0 bridgehead atoms. The van der Waals surface area contributed by atoms with Gasteiger partial charge < -0.3 is 5.11 Å². The van der Waals surface area contributed by atoms with Gasteiger partial charge in [-0.3, -0.25) is 0 Å². The Kier molecular flexibility index (Phi) is 2.61. The molecule has 1 heterocycles. The summed E-state index contributed by atoms with van der Waals surface area (Å²) < 4.78 is 0. The van der Waals surface area contributed by atoms with Crippen LogP contribution >= 0.6 is 0 Å². The van der Waals surface area contributed by atoms with Crippen LogP contribution in [0.5, 0.6) is 0 Å². The van der Waals surface area contributed by atoms with E-state index < -0.39 is 12.1 Å². The van der Waals surface area contributed by atoms with Crippen LogP contribution in [0.15, 0.2) is 0 Å². The summed E-state index contributed by atoms with van der Waals surface area (Å²) in [4.78, 5) is 19.0. The fourth-order valence-electron chi connectivity index (χ4n) is 0.650. The summed E-state index contributed by atoms with van der Waals surface area (Å²) in [7, 11) is 0. The van der Waals surface area contributed by atoms with Crippen molar-refractivity contribution < 1.29 is 24.7 Å². The molecule has 0 aromatic rings. The molecule has 1 fully saturated rings. The molecule has 0 aliphatic carbocycles. The van der Waals surface area contributed by atoms with Crippen molar-refractivity contribution >= 4 is 5.97 Å². The van der Waals surface area contributed by atoms with Gasteiger partial charge in [-0.2, -0.15) is 4.89 Å². The Morgan fingerprint density at radius 3 is 3.10 bits per heavy atom. The Hall–Kier alpha value is -0.650. The van der Waals surface area contributed by atoms with Gasteiger partial charge in [-0.05, 0) is 12.8 Å². The normalized spacial score (nSPS) is 27.4. The summed E-state index contributed by atoms with van der Waals surface area (Å²) in [5.74, 6) is -1.02. The highest BCUT2D eigenvalue weighted by atomic mass is 17.5. The number of carboxylic acids is 1. The predicted molar refractivity (Wildman–Crippen MR) is 28.8 cm³/mol. The smallest absolute Gasteiger partial charge is 0.336 e. The summed E-state index contributed by atoms with van der Waals surface area (Å²) in [5, 5.41) is 12.5. The van der Waals surface area contributed by atoms with Crippen LogP contribution in [0, 0.1) is 0 Å². The molecule has 10 heavy (non-hydrogen) atoms. The molecule has 1 atom stereocenters. The average Bonchev–Trinajstić information content (AvgIpc) is 2.12. The molecule has 0 aromatic heterocycles. The second kappa shape index (κ2) is 3.50. The van der Waals surface area contributed by atoms with Crippen molar-refractivity contribution in [2.45, 2.75) is 18.9 Å². The highest BCUT2D eigenvalue weighted by Crippen LogP contribution is 2.08. The average molecular weight is 148 g/mol. The van der Waals surface area contributed by atoms with Gasteiger partial charge in [-0.1, -0.05) is 5.04 Å². The minimum absolute atomic E-state index is 0.379. The van der Waals surface area contributed by atoms with Gasteiger partial charge in [0.1, 0.15) is 0 Å². The minimum Gasteiger partial charge on any atom is -0.479 e. The van der Waals surface area contributed by atoms with Crippen LogP contribution in [0.25, 0.3) is 0 Å². The van der Waals surface area contributed by atoms with Crippen molar-refractivity contribution in [1.29, 1.82) is 0 Å². The van der Waals surface area contributed by atoms with E-state index in [4.69, 9.17) is 5.11 Å². The quantitative estimate of drug-likeness (QED) is 0.535. The first-order chi connectivity index (χ1) is 4.80. The molecule has 1 aliphatic heterocycles. The van der Waals surface area contributed by atoms with Gasteiger partial charge in [0.05, 0.1) is 6.61 Å². The maximum absolute atomic E-state index is 10.2. The molecule has 58 valence electrons. The van der Waals surface area contributed by atoms with Crippen molar-refractivity contribution in [2.24, 2.45) is 0 Å². The molecule has 0 amide bonds. The zero-order chi connectivity index (χ0) is 7.40. The van der Waals surface area contributed by atoms with E-state index in [9.17, 15) is 4.79 Å². The number of aliphatic carboxylic acids is 1. The lowest BCUT2D eigenvalue weighted by atomic mass is 10.2. The first-order valence-electron chi connectivity index (χ1n) is 2.98. The van der Waals surface area contributed by atoms with E-state index in [-0.39, 0.29) is 0 Å². The third-order valence-electron chi connectivity index (χ3n) is 1.17. The van der Waals surface area contributed by atoms with Crippen LogP contribution in [-0.4, -0.2) is 23.8 Å². The van der Waals surface area contributed by atoms with Gasteiger partial charge in [0.25, 0.3) is 0 Å². The second-order valence-electron chi connectivity index (χ2n) is 1.96. The Morgan fingerprint density at radius 1 is 1.60 bits per heavy atom. The summed E-state index contributed by atoms with van der Waals surface area (Å²) in [5.41, 5.74) is 0. The van der Waals surface area contributed by atoms with Crippen LogP contribution in [0.4, 0.5) is 0 Å². The lowest BCUT2D eigenvalue weighted by molar-refractivity contribution is -0.514. The van der Waals surface area contributed by atoms with Gasteiger partial charge in [-0.15, -0.1) is 0 Å². The largest absolute Gasteiger partial charge is 0.479 e. The third-order valence-corrected chi connectivity index (χ3v) is 1.17.